The summed E-state index contributed by atoms with van der Waals surface area (Å²) in [5, 5.41) is 8.14. The minimum Gasteiger partial charge on any atom is -0.380 e. The SMILES string of the molecule is CCOCCN=C(N)NO. The summed E-state index contributed by atoms with van der Waals surface area (Å²) in [4.78, 5) is 3.69. The fourth-order valence-corrected chi connectivity index (χ4v) is 0.410. The largest absolute Gasteiger partial charge is 0.380 e. The van der Waals surface area contributed by atoms with Crippen LogP contribution >= 0.6 is 0 Å². The highest BCUT2D eigenvalue weighted by Crippen LogP contribution is 1.74. The van der Waals surface area contributed by atoms with E-state index in [-0.39, 0.29) is 5.96 Å². The molecule has 0 aromatic rings. The van der Waals surface area contributed by atoms with Crippen molar-refractivity contribution in [2.75, 3.05) is 19.8 Å². The standard InChI is InChI=1S/C5H13N3O2/c1-2-10-4-3-7-5(6)8-9/h9H,2-4H2,1H3,(H3,6,7,8). The van der Waals surface area contributed by atoms with E-state index >= 15 is 0 Å². The molecule has 60 valence electrons. The highest BCUT2D eigenvalue weighted by molar-refractivity contribution is 5.76. The Morgan fingerprint density at radius 3 is 3.00 bits per heavy atom. The van der Waals surface area contributed by atoms with Crippen molar-refractivity contribution in [1.29, 1.82) is 0 Å². The number of nitrogens with two attached hydrogens (primary N) is 1. The van der Waals surface area contributed by atoms with Crippen molar-refractivity contribution in [3.8, 4) is 0 Å². The normalized spacial score (nSPS) is 11.6. The minimum atomic E-state index is 0.0136. The van der Waals surface area contributed by atoms with Gasteiger partial charge in [-0.3, -0.25) is 5.21 Å². The van der Waals surface area contributed by atoms with Gasteiger partial charge in [0, 0.05) is 6.61 Å². The maximum Gasteiger partial charge on any atom is 0.212 e. The summed E-state index contributed by atoms with van der Waals surface area (Å²) in [5.74, 6) is 0.0136. The molecule has 0 saturated carbocycles. The van der Waals surface area contributed by atoms with Gasteiger partial charge in [-0.1, -0.05) is 0 Å². The lowest BCUT2D eigenvalue weighted by Crippen LogP contribution is -2.28. The molecule has 4 N–H and O–H groups in total. The van der Waals surface area contributed by atoms with Gasteiger partial charge in [0.05, 0.1) is 13.2 Å². The van der Waals surface area contributed by atoms with Gasteiger partial charge in [-0.15, -0.1) is 0 Å². The van der Waals surface area contributed by atoms with E-state index in [9.17, 15) is 0 Å². The second-order valence-corrected chi connectivity index (χ2v) is 1.58. The van der Waals surface area contributed by atoms with Crippen LogP contribution in [0.1, 0.15) is 6.92 Å². The Balaban J connectivity index is 3.16. The van der Waals surface area contributed by atoms with E-state index in [0.717, 1.165) is 0 Å². The van der Waals surface area contributed by atoms with Gasteiger partial charge < -0.3 is 10.5 Å². The van der Waals surface area contributed by atoms with Crippen molar-refractivity contribution >= 4 is 5.96 Å². The van der Waals surface area contributed by atoms with E-state index in [1.165, 1.54) is 0 Å². The van der Waals surface area contributed by atoms with Crippen LogP contribution in [0, 0.1) is 0 Å². The van der Waals surface area contributed by atoms with Crippen LogP contribution in [-0.2, 0) is 4.74 Å². The molecular weight excluding hydrogens is 134 g/mol. The molecule has 0 saturated heterocycles. The smallest absolute Gasteiger partial charge is 0.212 e. The van der Waals surface area contributed by atoms with Gasteiger partial charge >= 0.3 is 0 Å². The third kappa shape index (κ3) is 5.33. The molecule has 0 atom stereocenters. The number of hydroxylamine groups is 1. The molecule has 5 heteroatoms. The fraction of sp³-hybridized carbons (Fsp3) is 0.800. The molecule has 0 unspecified atom stereocenters. The second-order valence-electron chi connectivity index (χ2n) is 1.58. The molecule has 0 bridgehead atoms. The van der Waals surface area contributed by atoms with Crippen molar-refractivity contribution < 1.29 is 9.94 Å². The van der Waals surface area contributed by atoms with Gasteiger partial charge in [0.1, 0.15) is 0 Å². The number of nitrogens with one attached hydrogen (secondary N) is 1. The Hall–Kier alpha value is -0.810. The Bertz CT molecular complexity index is 105. The first-order valence-electron chi connectivity index (χ1n) is 3.09. The molecule has 0 amide bonds. The molecule has 0 aliphatic rings. The van der Waals surface area contributed by atoms with Crippen LogP contribution in [0.5, 0.6) is 0 Å². The van der Waals surface area contributed by atoms with Crippen molar-refractivity contribution in [2.45, 2.75) is 6.92 Å². The van der Waals surface area contributed by atoms with E-state index in [1.54, 1.807) is 5.48 Å². The van der Waals surface area contributed by atoms with Crippen LogP contribution in [0.25, 0.3) is 0 Å². The third-order valence-corrected chi connectivity index (χ3v) is 0.836. The summed E-state index contributed by atoms with van der Waals surface area (Å²) in [6.07, 6.45) is 0. The number of guanidine groups is 1. The Kier molecular flexibility index (Phi) is 5.80. The highest BCUT2D eigenvalue weighted by Gasteiger charge is 1.85. The summed E-state index contributed by atoms with van der Waals surface area (Å²) in [7, 11) is 0. The third-order valence-electron chi connectivity index (χ3n) is 0.836. The quantitative estimate of drug-likeness (QED) is 0.213. The lowest BCUT2D eigenvalue weighted by atomic mass is 10.7. The van der Waals surface area contributed by atoms with Crippen molar-refractivity contribution in [2.24, 2.45) is 10.7 Å². The van der Waals surface area contributed by atoms with Crippen molar-refractivity contribution in [1.82, 2.24) is 5.48 Å². The van der Waals surface area contributed by atoms with Gasteiger partial charge in [0.25, 0.3) is 0 Å². The van der Waals surface area contributed by atoms with E-state index in [2.05, 4.69) is 4.99 Å². The average Bonchev–Trinajstić information content (AvgIpc) is 1.98. The molecule has 0 aliphatic heterocycles. The number of aliphatic imine (C=N–C) groups is 1. The molecule has 10 heavy (non-hydrogen) atoms. The second kappa shape index (κ2) is 6.31. The summed E-state index contributed by atoms with van der Waals surface area (Å²) < 4.78 is 4.96. The average molecular weight is 147 g/mol. The zero-order chi connectivity index (χ0) is 7.82. The maximum absolute atomic E-state index is 8.14. The van der Waals surface area contributed by atoms with Crippen molar-refractivity contribution in [3.63, 3.8) is 0 Å². The van der Waals surface area contributed by atoms with E-state index < -0.39 is 0 Å². The van der Waals surface area contributed by atoms with Crippen LogP contribution in [0.3, 0.4) is 0 Å². The molecule has 0 spiro atoms. The first-order chi connectivity index (χ1) is 4.81. The fourth-order valence-electron chi connectivity index (χ4n) is 0.410. The zero-order valence-electron chi connectivity index (χ0n) is 6.00. The van der Waals surface area contributed by atoms with Crippen molar-refractivity contribution in [3.05, 3.63) is 0 Å². The topological polar surface area (TPSA) is 79.9 Å². The monoisotopic (exact) mass is 147 g/mol. The molecule has 0 rings (SSSR count). The van der Waals surface area contributed by atoms with Gasteiger partial charge in [-0.25, -0.2) is 10.5 Å². The number of rotatable bonds is 4. The molecule has 0 aliphatic carbocycles. The van der Waals surface area contributed by atoms with Crippen LogP contribution in [0.4, 0.5) is 0 Å². The predicted octanol–water partition coefficient (Wildman–Crippen LogP) is -0.684. The van der Waals surface area contributed by atoms with Crippen LogP contribution < -0.4 is 11.2 Å². The number of hydrogen-bond acceptors (Lipinski definition) is 3. The van der Waals surface area contributed by atoms with Gasteiger partial charge in [-0.2, -0.15) is 0 Å². The molecule has 0 aromatic carbocycles. The van der Waals surface area contributed by atoms with Gasteiger partial charge in [0.15, 0.2) is 0 Å². The molecule has 0 heterocycles. The Morgan fingerprint density at radius 1 is 1.80 bits per heavy atom. The van der Waals surface area contributed by atoms with Gasteiger partial charge in [-0.05, 0) is 6.92 Å². The lowest BCUT2D eigenvalue weighted by molar-refractivity contribution is 0.155. The first kappa shape index (κ1) is 9.19. The lowest BCUT2D eigenvalue weighted by Gasteiger charge is -1.97. The van der Waals surface area contributed by atoms with Crippen LogP contribution in [-0.4, -0.2) is 30.9 Å². The van der Waals surface area contributed by atoms with E-state index in [4.69, 9.17) is 15.7 Å². The number of nitrogens with zero attached hydrogens (tertiary/aromatic N) is 1. The zero-order valence-corrected chi connectivity index (χ0v) is 6.00. The summed E-state index contributed by atoms with van der Waals surface area (Å²) in [5.41, 5.74) is 6.80. The first-order valence-corrected chi connectivity index (χ1v) is 3.09. The van der Waals surface area contributed by atoms with E-state index in [1.807, 2.05) is 6.92 Å². The number of ether oxygens (including phenoxy) is 1. The Morgan fingerprint density at radius 2 is 2.50 bits per heavy atom. The summed E-state index contributed by atoms with van der Waals surface area (Å²) in [6, 6.07) is 0. The highest BCUT2D eigenvalue weighted by atomic mass is 16.5. The van der Waals surface area contributed by atoms with Gasteiger partial charge in [0.2, 0.25) is 5.96 Å². The van der Waals surface area contributed by atoms with Crippen LogP contribution in [0.2, 0.25) is 0 Å². The molecule has 0 radical (unpaired) electrons. The summed E-state index contributed by atoms with van der Waals surface area (Å²) in [6.45, 7) is 3.56. The van der Waals surface area contributed by atoms with E-state index in [0.29, 0.717) is 19.8 Å². The predicted molar refractivity (Wildman–Crippen MR) is 37.9 cm³/mol. The molecular formula is C5H13N3O2. The molecule has 0 aromatic heterocycles. The minimum absolute atomic E-state index is 0.0136. The molecule has 0 fully saturated rings. The maximum atomic E-state index is 8.14. The molecule has 5 nitrogen and oxygen atoms in total. The summed E-state index contributed by atoms with van der Waals surface area (Å²) >= 11 is 0. The van der Waals surface area contributed by atoms with Crippen LogP contribution in [0.15, 0.2) is 4.99 Å². The Labute approximate surface area is 59.8 Å². The number of hydrogen-bond donors (Lipinski definition) is 3.